The molecule has 2 amide bonds. The van der Waals surface area contributed by atoms with Crippen molar-refractivity contribution in [3.8, 4) is 11.5 Å². The number of likely N-dealkylation sites (tertiary alicyclic amines) is 1. The number of carboxylic acid groups (broad SMARTS) is 2. The molecule has 0 aromatic heterocycles. The lowest BCUT2D eigenvalue weighted by atomic mass is 9.78. The van der Waals surface area contributed by atoms with E-state index in [0.29, 0.717) is 23.6 Å². The Hall–Kier alpha value is -3.32. The fourth-order valence-corrected chi connectivity index (χ4v) is 3.52. The van der Waals surface area contributed by atoms with E-state index in [-0.39, 0.29) is 36.7 Å². The number of nitrogens with zero attached hydrogens (tertiary/aromatic N) is 1. The van der Waals surface area contributed by atoms with Gasteiger partial charge >= 0.3 is 19.1 Å². The SMILES string of the molecule is [2H]N(C(=O)CN1CC(Oc2ccc3c(c2C(=O)O)OB(O)CC3)C1)[C@H](C)C(=O)N[C@@H](C)C(=O)O. The summed E-state index contributed by atoms with van der Waals surface area (Å²) in [5, 5.41) is 30.9. The van der Waals surface area contributed by atoms with Crippen LogP contribution in [-0.2, 0) is 20.8 Å². The van der Waals surface area contributed by atoms with Gasteiger partial charge in [-0.25, -0.2) is 4.79 Å². The number of carbonyl (C=O) groups excluding carboxylic acids is 2. The lowest BCUT2D eigenvalue weighted by Crippen LogP contribution is -2.58. The van der Waals surface area contributed by atoms with E-state index in [2.05, 4.69) is 5.32 Å². The normalized spacial score (nSPS) is 18.0. The fraction of sp³-hybridized carbons (Fsp3) is 0.500. The molecule has 2 aliphatic heterocycles. The molecule has 3 rings (SSSR count). The zero-order chi connectivity index (χ0) is 25.2. The maximum absolute atomic E-state index is 12.4. The lowest BCUT2D eigenvalue weighted by molar-refractivity contribution is -0.141. The molecule has 0 saturated carbocycles. The van der Waals surface area contributed by atoms with Crippen LogP contribution in [0.3, 0.4) is 0 Å². The van der Waals surface area contributed by atoms with Crippen LogP contribution in [-0.4, -0.2) is 88.8 Å². The molecule has 13 heteroatoms. The Labute approximate surface area is 191 Å². The molecular weight excluding hydrogens is 437 g/mol. The minimum Gasteiger partial charge on any atom is -0.535 e. The van der Waals surface area contributed by atoms with Gasteiger partial charge in [-0.05, 0) is 38.2 Å². The Kier molecular flexibility index (Phi) is 6.99. The number of hydrogen-bond donors (Lipinski definition) is 5. The summed E-state index contributed by atoms with van der Waals surface area (Å²) in [6.45, 7) is 3.00. The van der Waals surface area contributed by atoms with Crippen LogP contribution >= 0.6 is 0 Å². The van der Waals surface area contributed by atoms with E-state index in [1.165, 1.54) is 13.8 Å². The predicted molar refractivity (Wildman–Crippen MR) is 114 cm³/mol. The third-order valence-electron chi connectivity index (χ3n) is 5.35. The van der Waals surface area contributed by atoms with E-state index in [1.54, 1.807) is 17.0 Å². The minimum absolute atomic E-state index is 0.0874. The summed E-state index contributed by atoms with van der Waals surface area (Å²) in [4.78, 5) is 48.7. The molecule has 0 aliphatic carbocycles. The van der Waals surface area contributed by atoms with Gasteiger partial charge in [0, 0.05) is 13.1 Å². The summed E-state index contributed by atoms with van der Waals surface area (Å²) in [6, 6.07) is 0.894. The third-order valence-corrected chi connectivity index (χ3v) is 5.35. The second-order valence-electron chi connectivity index (χ2n) is 8.04. The Morgan fingerprint density at radius 3 is 2.61 bits per heavy atom. The van der Waals surface area contributed by atoms with Gasteiger partial charge in [0.1, 0.15) is 35.3 Å². The van der Waals surface area contributed by atoms with Gasteiger partial charge in [-0.3, -0.25) is 19.3 Å². The molecule has 5 N–H and O–H groups in total. The molecule has 1 aromatic rings. The Balaban J connectivity index is 1.54. The Bertz CT molecular complexity index is 988. The lowest BCUT2D eigenvalue weighted by Gasteiger charge is -2.39. The van der Waals surface area contributed by atoms with Crippen LogP contribution in [0.15, 0.2) is 12.1 Å². The van der Waals surface area contributed by atoms with Gasteiger partial charge in [0.2, 0.25) is 11.8 Å². The number of benzene rings is 1. The van der Waals surface area contributed by atoms with Gasteiger partial charge in [0.15, 0.2) is 1.41 Å². The number of aryl methyl sites for hydroxylation is 1. The first-order valence-electron chi connectivity index (χ1n) is 10.9. The standard InChI is InChI=1S/C20H26BN3O9/c1-10(18(26)23-11(2)19(27)28)22-15(25)9-24-7-13(8-24)32-14-4-3-12-5-6-21(31)33-17(12)16(14)20(29)30/h3-4,10-11,13,31H,5-9H2,1-2H3,(H,22,25)(H,23,26)(H,27,28)(H,29,30)/t10-,11+/m1/s1/i/hD. The highest BCUT2D eigenvalue weighted by Crippen LogP contribution is 2.37. The molecule has 12 nitrogen and oxygen atoms in total. The molecule has 178 valence electrons. The van der Waals surface area contributed by atoms with E-state index in [1.807, 2.05) is 0 Å². The first-order valence-corrected chi connectivity index (χ1v) is 10.4. The van der Waals surface area contributed by atoms with E-state index >= 15 is 0 Å². The number of ether oxygens (including phenoxy) is 1. The minimum atomic E-state index is -1.25. The molecule has 1 aromatic carbocycles. The zero-order valence-electron chi connectivity index (χ0n) is 19.2. The maximum Gasteiger partial charge on any atom is 0.522 e. The first-order chi connectivity index (χ1) is 16.0. The van der Waals surface area contributed by atoms with Gasteiger partial charge in [-0.1, -0.05) is 6.07 Å². The van der Waals surface area contributed by atoms with Crippen molar-refractivity contribution in [3.63, 3.8) is 0 Å². The summed E-state index contributed by atoms with van der Waals surface area (Å²) < 4.78 is 19.0. The van der Waals surface area contributed by atoms with Crippen molar-refractivity contribution in [3.05, 3.63) is 23.3 Å². The topological polar surface area (TPSA) is 175 Å². The van der Waals surface area contributed by atoms with Crippen LogP contribution in [0.4, 0.5) is 0 Å². The summed E-state index contributed by atoms with van der Waals surface area (Å²) in [5.74, 6) is -3.72. The quantitative estimate of drug-likeness (QED) is 0.284. The van der Waals surface area contributed by atoms with E-state index in [0.717, 1.165) is 0 Å². The number of aliphatic carboxylic acids is 1. The molecule has 0 bridgehead atoms. The molecule has 0 spiro atoms. The predicted octanol–water partition coefficient (Wildman–Crippen LogP) is -1.04. The molecule has 2 heterocycles. The average molecular weight is 464 g/mol. The summed E-state index contributed by atoms with van der Waals surface area (Å²) in [7, 11) is -1.09. The number of nitrogens with one attached hydrogen (secondary N) is 2. The van der Waals surface area contributed by atoms with E-state index < -0.39 is 49.1 Å². The smallest absolute Gasteiger partial charge is 0.522 e. The molecule has 2 aliphatic rings. The number of fused-ring (bicyclic) bond motifs is 1. The van der Waals surface area contributed by atoms with Crippen LogP contribution < -0.4 is 20.0 Å². The molecular formula is C20H26BN3O9. The van der Waals surface area contributed by atoms with Crippen LogP contribution in [0.2, 0.25) is 7.73 Å². The number of amides is 2. The summed E-state index contributed by atoms with van der Waals surface area (Å²) in [6.07, 6.45) is 0.434. The van der Waals surface area contributed by atoms with Gasteiger partial charge in [-0.15, -0.1) is 0 Å². The van der Waals surface area contributed by atoms with Gasteiger partial charge in [0.25, 0.3) is 0 Å². The molecule has 33 heavy (non-hydrogen) atoms. The number of hydrogen-bond acceptors (Lipinski definition) is 8. The van der Waals surface area contributed by atoms with Crippen molar-refractivity contribution in [1.29, 1.82) is 0 Å². The highest BCUT2D eigenvalue weighted by Gasteiger charge is 2.34. The highest BCUT2D eigenvalue weighted by atomic mass is 16.5. The second-order valence-corrected chi connectivity index (χ2v) is 8.04. The van der Waals surface area contributed by atoms with Crippen LogP contribution in [0.1, 0.15) is 29.8 Å². The van der Waals surface area contributed by atoms with Crippen molar-refractivity contribution >= 4 is 30.9 Å². The molecule has 1 fully saturated rings. The van der Waals surface area contributed by atoms with Gasteiger partial charge in [0.05, 0.1) is 6.54 Å². The average Bonchev–Trinajstić information content (AvgIpc) is 2.75. The van der Waals surface area contributed by atoms with Crippen molar-refractivity contribution in [2.45, 2.75) is 44.8 Å². The van der Waals surface area contributed by atoms with Gasteiger partial charge in [-0.2, -0.15) is 0 Å². The largest absolute Gasteiger partial charge is 0.535 e. The number of carboxylic acids is 2. The molecule has 0 unspecified atom stereocenters. The van der Waals surface area contributed by atoms with Crippen molar-refractivity contribution < 1.29 is 45.2 Å². The maximum atomic E-state index is 12.4. The molecule has 0 radical (unpaired) electrons. The zero-order valence-corrected chi connectivity index (χ0v) is 18.2. The Morgan fingerprint density at radius 2 is 1.97 bits per heavy atom. The monoisotopic (exact) mass is 464 g/mol. The summed E-state index contributed by atoms with van der Waals surface area (Å²) in [5.41, 5.74) is 0.501. The Morgan fingerprint density at radius 1 is 1.27 bits per heavy atom. The third kappa shape index (κ3) is 5.93. The van der Waals surface area contributed by atoms with Crippen molar-refractivity contribution in [2.24, 2.45) is 0 Å². The van der Waals surface area contributed by atoms with Gasteiger partial charge < -0.3 is 35.3 Å². The summed E-state index contributed by atoms with van der Waals surface area (Å²) >= 11 is 0. The van der Waals surface area contributed by atoms with Crippen LogP contribution in [0.5, 0.6) is 11.5 Å². The van der Waals surface area contributed by atoms with Crippen molar-refractivity contribution in [1.82, 2.24) is 15.5 Å². The van der Waals surface area contributed by atoms with E-state index in [9.17, 15) is 29.3 Å². The van der Waals surface area contributed by atoms with Crippen LogP contribution in [0, 0.1) is 0 Å². The van der Waals surface area contributed by atoms with Crippen LogP contribution in [0.25, 0.3) is 0 Å². The van der Waals surface area contributed by atoms with E-state index in [4.69, 9.17) is 15.9 Å². The molecule has 1 saturated heterocycles. The number of rotatable bonds is 9. The number of carbonyl (C=O) groups is 4. The van der Waals surface area contributed by atoms with Crippen molar-refractivity contribution in [2.75, 3.05) is 19.6 Å². The first kappa shape index (κ1) is 22.9. The fourth-order valence-electron chi connectivity index (χ4n) is 3.52. The highest BCUT2D eigenvalue weighted by molar-refractivity contribution is 6.44. The number of aromatic carboxylic acids is 1. The molecule has 2 atom stereocenters. The second kappa shape index (κ2) is 10.1.